The Morgan fingerprint density at radius 2 is 1.25 bits per heavy atom. The average Bonchev–Trinajstić information content (AvgIpc) is 3.98. The summed E-state index contributed by atoms with van der Waals surface area (Å²) in [6.45, 7) is 4.58. The van der Waals surface area contributed by atoms with Crippen molar-refractivity contribution in [2.24, 2.45) is 0 Å². The Labute approximate surface area is 343 Å². The first-order valence-electron chi connectivity index (χ1n) is 19.8. The summed E-state index contributed by atoms with van der Waals surface area (Å²) in [6.07, 6.45) is 8.37. The molecule has 57 heavy (non-hydrogen) atoms. The number of aliphatic carboxylic acids is 1. The van der Waals surface area contributed by atoms with Crippen LogP contribution in [0.3, 0.4) is 0 Å². The molecule has 5 aromatic carbocycles. The van der Waals surface area contributed by atoms with Crippen LogP contribution in [-0.4, -0.2) is 11.1 Å². The SMILES string of the molecule is CCCCC1(CCCC)c2ccccc2-c2ccc(-c3cc(-c4ccc(N(c5ccccc5)c5ccccc5)cc4)sc3-c3ccc(/C=C(\C#N)C(=O)O)s3)cc21. The summed E-state index contributed by atoms with van der Waals surface area (Å²) in [5.41, 5.74) is 12.0. The molecule has 282 valence electrons. The molecule has 7 aromatic rings. The van der Waals surface area contributed by atoms with Gasteiger partial charge in [-0.2, -0.15) is 5.26 Å². The maximum atomic E-state index is 11.7. The second-order valence-corrected chi connectivity index (χ2v) is 16.8. The number of unbranched alkanes of at least 4 members (excludes halogenated alkanes) is 2. The van der Waals surface area contributed by atoms with Crippen molar-refractivity contribution in [1.82, 2.24) is 0 Å². The summed E-state index contributed by atoms with van der Waals surface area (Å²) in [6, 6.07) is 54.0. The van der Waals surface area contributed by atoms with Gasteiger partial charge in [0.15, 0.2) is 0 Å². The first kappa shape index (κ1) is 37.9. The van der Waals surface area contributed by atoms with Crippen molar-refractivity contribution in [3.8, 4) is 48.5 Å². The zero-order valence-electron chi connectivity index (χ0n) is 32.2. The maximum absolute atomic E-state index is 11.7. The van der Waals surface area contributed by atoms with Gasteiger partial charge in [-0.15, -0.1) is 22.7 Å². The highest BCUT2D eigenvalue weighted by Crippen LogP contribution is 2.56. The minimum Gasteiger partial charge on any atom is -0.477 e. The minimum absolute atomic E-state index is 0.0302. The number of fused-ring (bicyclic) bond motifs is 3. The molecule has 2 heterocycles. The van der Waals surface area contributed by atoms with Crippen LogP contribution in [-0.2, 0) is 10.2 Å². The van der Waals surface area contributed by atoms with E-state index < -0.39 is 5.97 Å². The lowest BCUT2D eigenvalue weighted by molar-refractivity contribution is -0.132. The number of para-hydroxylation sites is 2. The molecule has 0 aliphatic heterocycles. The number of nitrogens with zero attached hydrogens (tertiary/aromatic N) is 2. The van der Waals surface area contributed by atoms with Crippen molar-refractivity contribution < 1.29 is 9.90 Å². The van der Waals surface area contributed by atoms with Crippen LogP contribution in [0.1, 0.15) is 68.4 Å². The van der Waals surface area contributed by atoms with Crippen LogP contribution in [0.2, 0.25) is 0 Å². The van der Waals surface area contributed by atoms with Crippen molar-refractivity contribution in [2.45, 2.75) is 57.8 Å². The Balaban J connectivity index is 1.26. The number of anilines is 3. The Bertz CT molecular complexity index is 2550. The fourth-order valence-corrected chi connectivity index (χ4v) is 10.6. The number of carboxylic acids is 1. The molecule has 4 nitrogen and oxygen atoms in total. The lowest BCUT2D eigenvalue weighted by atomic mass is 9.70. The highest BCUT2D eigenvalue weighted by Gasteiger charge is 2.42. The van der Waals surface area contributed by atoms with E-state index in [9.17, 15) is 15.2 Å². The zero-order valence-corrected chi connectivity index (χ0v) is 33.9. The van der Waals surface area contributed by atoms with Gasteiger partial charge in [0.1, 0.15) is 11.6 Å². The van der Waals surface area contributed by atoms with Crippen molar-refractivity contribution in [3.05, 3.63) is 167 Å². The number of hydrogen-bond donors (Lipinski definition) is 1. The summed E-state index contributed by atoms with van der Waals surface area (Å²) in [5, 5.41) is 19.1. The Morgan fingerprint density at radius 1 is 0.649 bits per heavy atom. The molecule has 1 aliphatic carbocycles. The van der Waals surface area contributed by atoms with Crippen LogP contribution in [0.5, 0.6) is 0 Å². The van der Waals surface area contributed by atoms with E-state index in [1.807, 2.05) is 24.3 Å². The molecular weight excluding hydrogens is 737 g/mol. The van der Waals surface area contributed by atoms with Gasteiger partial charge in [-0.3, -0.25) is 0 Å². The van der Waals surface area contributed by atoms with Crippen molar-refractivity contribution in [1.29, 1.82) is 5.26 Å². The van der Waals surface area contributed by atoms with E-state index in [0.29, 0.717) is 0 Å². The number of nitriles is 1. The van der Waals surface area contributed by atoms with Gasteiger partial charge in [0.2, 0.25) is 0 Å². The van der Waals surface area contributed by atoms with E-state index in [4.69, 9.17) is 0 Å². The molecule has 8 rings (SSSR count). The molecule has 0 unspecified atom stereocenters. The van der Waals surface area contributed by atoms with Crippen LogP contribution < -0.4 is 4.90 Å². The highest BCUT2D eigenvalue weighted by atomic mass is 32.1. The van der Waals surface area contributed by atoms with Crippen LogP contribution >= 0.6 is 22.7 Å². The van der Waals surface area contributed by atoms with E-state index in [1.54, 1.807) is 11.3 Å². The third-order valence-electron chi connectivity index (χ3n) is 11.2. The summed E-state index contributed by atoms with van der Waals surface area (Å²) in [4.78, 5) is 18.0. The van der Waals surface area contributed by atoms with E-state index >= 15 is 0 Å². The molecule has 0 fully saturated rings. The highest BCUT2D eigenvalue weighted by molar-refractivity contribution is 7.24. The van der Waals surface area contributed by atoms with E-state index in [1.165, 1.54) is 58.1 Å². The number of thiophene rings is 2. The third kappa shape index (κ3) is 7.37. The Hall–Kier alpha value is -6.00. The predicted molar refractivity (Wildman–Crippen MR) is 240 cm³/mol. The van der Waals surface area contributed by atoms with Gasteiger partial charge in [0, 0.05) is 42.7 Å². The minimum atomic E-state index is -1.22. The predicted octanol–water partition coefficient (Wildman–Crippen LogP) is 14.9. The summed E-state index contributed by atoms with van der Waals surface area (Å²) in [5.74, 6) is -1.22. The first-order chi connectivity index (χ1) is 27.9. The van der Waals surface area contributed by atoms with E-state index in [0.717, 1.165) is 73.4 Å². The lowest BCUT2D eigenvalue weighted by Crippen LogP contribution is -2.25. The van der Waals surface area contributed by atoms with Crippen LogP contribution in [0.15, 0.2) is 151 Å². The molecule has 0 bridgehead atoms. The van der Waals surface area contributed by atoms with Gasteiger partial charge >= 0.3 is 5.97 Å². The molecule has 1 N–H and O–H groups in total. The Kier molecular flexibility index (Phi) is 11.0. The quantitative estimate of drug-likeness (QED) is 0.0882. The van der Waals surface area contributed by atoms with Gasteiger partial charge in [-0.1, -0.05) is 124 Å². The topological polar surface area (TPSA) is 64.3 Å². The largest absolute Gasteiger partial charge is 0.477 e. The van der Waals surface area contributed by atoms with Crippen LogP contribution in [0.25, 0.3) is 48.5 Å². The molecule has 0 saturated carbocycles. The summed E-state index contributed by atoms with van der Waals surface area (Å²) >= 11 is 3.27. The monoisotopic (exact) mass is 780 g/mol. The molecule has 6 heteroatoms. The van der Waals surface area contributed by atoms with Crippen LogP contribution in [0.4, 0.5) is 17.1 Å². The number of carbonyl (C=O) groups is 1. The van der Waals surface area contributed by atoms with E-state index in [2.05, 4.69) is 146 Å². The van der Waals surface area contributed by atoms with E-state index in [-0.39, 0.29) is 11.0 Å². The molecule has 0 radical (unpaired) electrons. The van der Waals surface area contributed by atoms with Gasteiger partial charge in [0.25, 0.3) is 0 Å². The van der Waals surface area contributed by atoms with Gasteiger partial charge in [0.05, 0.1) is 4.88 Å². The van der Waals surface area contributed by atoms with Gasteiger partial charge in [-0.25, -0.2) is 4.79 Å². The summed E-state index contributed by atoms with van der Waals surface area (Å²) < 4.78 is 0. The smallest absolute Gasteiger partial charge is 0.346 e. The average molecular weight is 781 g/mol. The van der Waals surface area contributed by atoms with Crippen LogP contribution in [0, 0.1) is 11.3 Å². The standard InChI is InChI=1S/C51H44N2O2S2/c1-3-5-29-51(30-6-4-2)45-20-14-13-19-42(45)43-27-23-36(32-46(43)51)44-33-48(57-49(44)47-28-26-41(56-47)31-37(34-52)50(54)55)35-21-24-40(25-22-35)53(38-15-9-7-10-16-38)39-17-11-8-12-18-39/h7-28,31-33H,3-6,29-30H2,1-2H3,(H,54,55)/b37-31+. The van der Waals surface area contributed by atoms with Gasteiger partial charge in [-0.05, 0) is 113 Å². The molecule has 0 spiro atoms. The fourth-order valence-electron chi connectivity index (χ4n) is 8.39. The lowest BCUT2D eigenvalue weighted by Gasteiger charge is -2.33. The second kappa shape index (κ2) is 16.6. The zero-order chi connectivity index (χ0) is 39.4. The number of rotatable bonds is 14. The van der Waals surface area contributed by atoms with Gasteiger partial charge < -0.3 is 10.0 Å². The number of carboxylic acid groups (broad SMARTS) is 1. The number of hydrogen-bond acceptors (Lipinski definition) is 5. The molecule has 0 amide bonds. The summed E-state index contributed by atoms with van der Waals surface area (Å²) in [7, 11) is 0. The number of benzene rings is 5. The van der Waals surface area contributed by atoms with Crippen molar-refractivity contribution >= 4 is 51.8 Å². The second-order valence-electron chi connectivity index (χ2n) is 14.7. The fraction of sp³-hybridized carbons (Fsp3) is 0.176. The normalized spacial score (nSPS) is 12.8. The first-order valence-corrected chi connectivity index (χ1v) is 21.4. The third-order valence-corrected chi connectivity index (χ3v) is 13.5. The van der Waals surface area contributed by atoms with Crippen molar-refractivity contribution in [3.63, 3.8) is 0 Å². The molecule has 0 saturated heterocycles. The molecule has 2 aromatic heterocycles. The van der Waals surface area contributed by atoms with Crippen molar-refractivity contribution in [2.75, 3.05) is 4.90 Å². The molecule has 1 aliphatic rings. The Morgan fingerprint density at radius 3 is 1.88 bits per heavy atom. The maximum Gasteiger partial charge on any atom is 0.346 e. The molecule has 0 atom stereocenters. The molecular formula is C51H44N2O2S2.